The van der Waals surface area contributed by atoms with Gasteiger partial charge >= 0.3 is 0 Å². The summed E-state index contributed by atoms with van der Waals surface area (Å²) in [5.74, 6) is -0.449. The van der Waals surface area contributed by atoms with Gasteiger partial charge in [-0.2, -0.15) is 0 Å². The molecule has 130 valence electrons. The number of amides is 3. The van der Waals surface area contributed by atoms with Crippen LogP contribution in [0.3, 0.4) is 0 Å². The maximum Gasteiger partial charge on any atom is 0.231 e. The van der Waals surface area contributed by atoms with Crippen molar-refractivity contribution in [3.8, 4) is 0 Å². The third-order valence-electron chi connectivity index (χ3n) is 5.48. The van der Waals surface area contributed by atoms with Crippen molar-refractivity contribution in [2.45, 2.75) is 39.2 Å². The van der Waals surface area contributed by atoms with Crippen LogP contribution in [0.15, 0.2) is 0 Å². The lowest BCUT2D eigenvalue weighted by Crippen LogP contribution is -2.64. The average Bonchev–Trinajstić information content (AvgIpc) is 2.89. The molecule has 3 amide bonds. The van der Waals surface area contributed by atoms with E-state index in [9.17, 15) is 19.5 Å². The van der Waals surface area contributed by atoms with Gasteiger partial charge in [0, 0.05) is 33.1 Å². The topological polar surface area (TPSA) is 89.9 Å². The van der Waals surface area contributed by atoms with Gasteiger partial charge in [0.15, 0.2) is 0 Å². The summed E-state index contributed by atoms with van der Waals surface area (Å²) < 4.78 is 0. The van der Waals surface area contributed by atoms with E-state index in [1.165, 1.54) is 0 Å². The van der Waals surface area contributed by atoms with Gasteiger partial charge in [0.2, 0.25) is 17.7 Å². The number of likely N-dealkylation sites (tertiary alicyclic amines) is 2. The first-order chi connectivity index (χ1) is 10.9. The molecule has 0 aromatic rings. The van der Waals surface area contributed by atoms with E-state index in [0.717, 1.165) is 0 Å². The normalized spacial score (nSPS) is 22.3. The van der Waals surface area contributed by atoms with Crippen LogP contribution in [0.2, 0.25) is 0 Å². The van der Waals surface area contributed by atoms with E-state index in [1.807, 2.05) is 13.8 Å². The molecule has 2 aliphatic rings. The first kappa shape index (κ1) is 17.7. The van der Waals surface area contributed by atoms with E-state index in [2.05, 4.69) is 5.32 Å². The number of nitrogens with one attached hydrogen (secondary N) is 1. The summed E-state index contributed by atoms with van der Waals surface area (Å²) in [6.45, 7) is 5.08. The molecule has 0 aliphatic carbocycles. The molecule has 0 spiro atoms. The number of nitrogens with zero attached hydrogens (tertiary/aromatic N) is 2. The number of hydrogen-bond donors (Lipinski definition) is 2. The van der Waals surface area contributed by atoms with Crippen molar-refractivity contribution >= 4 is 17.7 Å². The Morgan fingerprint density at radius 1 is 1.26 bits per heavy atom. The SMILES string of the molecule is CCC(CC)(CO)C(=O)N1CC(N2CC(C(=O)NC)CC2=O)C1. The summed E-state index contributed by atoms with van der Waals surface area (Å²) in [4.78, 5) is 39.8. The molecule has 2 rings (SSSR count). The van der Waals surface area contributed by atoms with Crippen LogP contribution in [-0.4, -0.2) is 72.0 Å². The number of aliphatic hydroxyl groups excluding tert-OH is 1. The quantitative estimate of drug-likeness (QED) is 0.695. The van der Waals surface area contributed by atoms with Crippen LogP contribution < -0.4 is 5.32 Å². The lowest BCUT2D eigenvalue weighted by atomic mass is 9.80. The minimum atomic E-state index is -0.704. The van der Waals surface area contributed by atoms with E-state index < -0.39 is 5.41 Å². The largest absolute Gasteiger partial charge is 0.395 e. The standard InChI is InChI=1S/C16H27N3O4/c1-4-16(5-2,10-20)15(23)18-8-12(9-18)19-7-11(6-13(19)21)14(22)17-3/h11-12,20H,4-10H2,1-3H3,(H,17,22). The summed E-state index contributed by atoms with van der Waals surface area (Å²) in [5.41, 5.74) is -0.704. The van der Waals surface area contributed by atoms with Gasteiger partial charge in [-0.15, -0.1) is 0 Å². The summed E-state index contributed by atoms with van der Waals surface area (Å²) in [6, 6.07) is -0.00814. The van der Waals surface area contributed by atoms with Gasteiger partial charge in [-0.25, -0.2) is 0 Å². The fourth-order valence-electron chi connectivity index (χ4n) is 3.46. The Bertz CT molecular complexity index is 475. The number of carbonyl (C=O) groups is 3. The fourth-order valence-corrected chi connectivity index (χ4v) is 3.46. The zero-order valence-corrected chi connectivity index (χ0v) is 14.2. The monoisotopic (exact) mass is 325 g/mol. The van der Waals surface area contributed by atoms with Crippen molar-refractivity contribution in [1.29, 1.82) is 0 Å². The summed E-state index contributed by atoms with van der Waals surface area (Å²) in [6.07, 6.45) is 1.44. The lowest BCUT2D eigenvalue weighted by Gasteiger charge is -2.47. The van der Waals surface area contributed by atoms with Gasteiger partial charge < -0.3 is 20.2 Å². The Labute approximate surface area is 137 Å². The highest BCUT2D eigenvalue weighted by Gasteiger charge is 2.47. The third-order valence-corrected chi connectivity index (χ3v) is 5.48. The van der Waals surface area contributed by atoms with Gasteiger partial charge in [-0.3, -0.25) is 14.4 Å². The Morgan fingerprint density at radius 2 is 1.87 bits per heavy atom. The number of rotatable bonds is 6. The molecule has 0 aromatic carbocycles. The second-order valence-electron chi connectivity index (χ2n) is 6.57. The smallest absolute Gasteiger partial charge is 0.231 e. The lowest BCUT2D eigenvalue weighted by molar-refractivity contribution is -0.155. The van der Waals surface area contributed by atoms with Crippen LogP contribution in [0.5, 0.6) is 0 Å². The van der Waals surface area contributed by atoms with E-state index >= 15 is 0 Å². The predicted molar refractivity (Wildman–Crippen MR) is 84.4 cm³/mol. The highest BCUT2D eigenvalue weighted by Crippen LogP contribution is 2.32. The maximum atomic E-state index is 12.6. The zero-order valence-electron chi connectivity index (χ0n) is 14.2. The van der Waals surface area contributed by atoms with Crippen molar-refractivity contribution in [1.82, 2.24) is 15.1 Å². The molecule has 0 radical (unpaired) electrons. The molecule has 2 N–H and O–H groups in total. The molecular weight excluding hydrogens is 298 g/mol. The molecule has 2 heterocycles. The molecule has 1 unspecified atom stereocenters. The van der Waals surface area contributed by atoms with Crippen LogP contribution in [0.25, 0.3) is 0 Å². The number of hydrogen-bond acceptors (Lipinski definition) is 4. The van der Waals surface area contributed by atoms with Gasteiger partial charge in [0.25, 0.3) is 0 Å². The van der Waals surface area contributed by atoms with Crippen molar-refractivity contribution in [2.24, 2.45) is 11.3 Å². The molecule has 0 aromatic heterocycles. The minimum absolute atomic E-state index is 0.00814. The van der Waals surface area contributed by atoms with E-state index in [4.69, 9.17) is 0 Å². The van der Waals surface area contributed by atoms with Crippen LogP contribution in [-0.2, 0) is 14.4 Å². The average molecular weight is 325 g/mol. The van der Waals surface area contributed by atoms with E-state index in [0.29, 0.717) is 32.5 Å². The number of aliphatic hydroxyl groups is 1. The molecule has 1 atom stereocenters. The fraction of sp³-hybridized carbons (Fsp3) is 0.812. The Balaban J connectivity index is 1.93. The number of carbonyl (C=O) groups excluding carboxylic acids is 3. The molecule has 2 aliphatic heterocycles. The van der Waals surface area contributed by atoms with Crippen molar-refractivity contribution in [2.75, 3.05) is 33.3 Å². The first-order valence-electron chi connectivity index (χ1n) is 8.33. The zero-order chi connectivity index (χ0) is 17.2. The van der Waals surface area contributed by atoms with Gasteiger partial charge in [-0.1, -0.05) is 13.8 Å². The van der Waals surface area contributed by atoms with Gasteiger partial charge in [-0.05, 0) is 12.8 Å². The second kappa shape index (κ2) is 6.86. The van der Waals surface area contributed by atoms with Crippen molar-refractivity contribution in [3.05, 3.63) is 0 Å². The predicted octanol–water partition coefficient (Wildman–Crippen LogP) is -0.410. The Morgan fingerprint density at radius 3 is 2.35 bits per heavy atom. The first-order valence-corrected chi connectivity index (χ1v) is 8.33. The second-order valence-corrected chi connectivity index (χ2v) is 6.57. The summed E-state index contributed by atoms with van der Waals surface area (Å²) in [7, 11) is 1.57. The highest BCUT2D eigenvalue weighted by molar-refractivity contribution is 5.89. The van der Waals surface area contributed by atoms with E-state index in [1.54, 1.807) is 16.8 Å². The molecular formula is C16H27N3O4. The summed E-state index contributed by atoms with van der Waals surface area (Å²) in [5, 5.41) is 12.2. The van der Waals surface area contributed by atoms with Gasteiger partial charge in [0.1, 0.15) is 0 Å². The molecule has 0 saturated carbocycles. The molecule has 0 bridgehead atoms. The Hall–Kier alpha value is -1.63. The molecule has 7 nitrogen and oxygen atoms in total. The molecule has 23 heavy (non-hydrogen) atoms. The minimum Gasteiger partial charge on any atom is -0.395 e. The van der Waals surface area contributed by atoms with Crippen LogP contribution in [0.4, 0.5) is 0 Å². The van der Waals surface area contributed by atoms with Crippen molar-refractivity contribution < 1.29 is 19.5 Å². The molecule has 7 heteroatoms. The van der Waals surface area contributed by atoms with Crippen LogP contribution >= 0.6 is 0 Å². The molecule has 2 fully saturated rings. The Kier molecular flexibility index (Phi) is 5.29. The summed E-state index contributed by atoms with van der Waals surface area (Å²) >= 11 is 0. The maximum absolute atomic E-state index is 12.6. The third kappa shape index (κ3) is 3.06. The van der Waals surface area contributed by atoms with E-state index in [-0.39, 0.29) is 42.7 Å². The van der Waals surface area contributed by atoms with Crippen LogP contribution in [0, 0.1) is 11.3 Å². The van der Waals surface area contributed by atoms with Crippen molar-refractivity contribution in [3.63, 3.8) is 0 Å². The molecule has 2 saturated heterocycles. The van der Waals surface area contributed by atoms with Gasteiger partial charge in [0.05, 0.1) is 24.0 Å². The highest BCUT2D eigenvalue weighted by atomic mass is 16.3. The van der Waals surface area contributed by atoms with Crippen LogP contribution in [0.1, 0.15) is 33.1 Å².